The molecule has 4 aliphatic rings. The lowest BCUT2D eigenvalue weighted by molar-refractivity contribution is -0.933. The molecule has 3 fully saturated rings. The lowest BCUT2D eigenvalue weighted by Crippen LogP contribution is -2.67. The smallest absolute Gasteiger partial charge is 0.105 e. The number of hydrogen-bond acceptors (Lipinski definition) is 4. The summed E-state index contributed by atoms with van der Waals surface area (Å²) in [4.78, 5) is 4.99. The maximum absolute atomic E-state index is 12.9. The molecule has 1 aliphatic carbocycles. The summed E-state index contributed by atoms with van der Waals surface area (Å²) in [6.45, 7) is 3.82. The van der Waals surface area contributed by atoms with Gasteiger partial charge in [0.05, 0.1) is 49.0 Å². The van der Waals surface area contributed by atoms with Crippen LogP contribution in [0.5, 0.6) is 0 Å². The van der Waals surface area contributed by atoms with Gasteiger partial charge in [-0.2, -0.15) is 0 Å². The van der Waals surface area contributed by atoms with Gasteiger partial charge in [-0.25, -0.2) is 0 Å². The molecular weight excluding hydrogens is 328 g/mol. The summed E-state index contributed by atoms with van der Waals surface area (Å²) in [6.07, 6.45) is 1.47. The van der Waals surface area contributed by atoms with Crippen molar-refractivity contribution in [2.75, 3.05) is 27.2 Å². The van der Waals surface area contributed by atoms with E-state index in [1.807, 2.05) is 13.0 Å². The Hall–Kier alpha value is -1.85. The fraction of sp³-hybridized carbons (Fsp3) is 0.571. The first-order chi connectivity index (χ1) is 12.4. The molecule has 0 radical (unpaired) electrons. The molecule has 26 heavy (non-hydrogen) atoms. The van der Waals surface area contributed by atoms with E-state index in [1.54, 1.807) is 0 Å². The molecule has 1 aromatic carbocycles. The number of rotatable bonds is 2. The first-order valence-electron chi connectivity index (χ1n) is 9.59. The minimum atomic E-state index is -0.451. The van der Waals surface area contributed by atoms with Crippen LogP contribution in [0.1, 0.15) is 25.3 Å². The summed E-state index contributed by atoms with van der Waals surface area (Å²) < 4.78 is 6.17. The minimum Gasteiger partial charge on any atom is -0.616 e. The number of piperidine rings is 1. The lowest BCUT2D eigenvalue weighted by Gasteiger charge is -2.55. The van der Waals surface area contributed by atoms with Crippen LogP contribution in [0.15, 0.2) is 40.8 Å². The van der Waals surface area contributed by atoms with Crippen LogP contribution in [0.4, 0.5) is 5.69 Å². The van der Waals surface area contributed by atoms with E-state index in [1.165, 1.54) is 12.7 Å². The van der Waals surface area contributed by atoms with Gasteiger partial charge >= 0.3 is 0 Å². The zero-order chi connectivity index (χ0) is 18.3. The number of allylic oxidation sites excluding steroid dienone is 1. The SMILES string of the molecule is COC([O-])=C1C2=Nc3ccccc3C23CC[N+]2(C)C[C@@H]([C@H](C)O)[C@@H]1C[C@@H]32. The topological polar surface area (TPSA) is 64.9 Å². The monoisotopic (exact) mass is 354 g/mol. The molecule has 5 rings (SSSR count). The largest absolute Gasteiger partial charge is 0.616 e. The molecule has 5 heteroatoms. The van der Waals surface area contributed by atoms with Crippen LogP contribution < -0.4 is 5.11 Å². The molecule has 138 valence electrons. The Bertz CT molecular complexity index is 845. The van der Waals surface area contributed by atoms with Crippen LogP contribution in [-0.4, -0.2) is 54.7 Å². The molecule has 2 saturated heterocycles. The molecule has 1 spiro atoms. The number of quaternary nitrogens is 1. The van der Waals surface area contributed by atoms with Gasteiger partial charge in [-0.1, -0.05) is 18.2 Å². The molecule has 6 atom stereocenters. The number of hydrogen-bond donors (Lipinski definition) is 1. The number of para-hydroxylation sites is 1. The fourth-order valence-electron chi connectivity index (χ4n) is 6.53. The van der Waals surface area contributed by atoms with E-state index in [-0.39, 0.29) is 23.2 Å². The summed E-state index contributed by atoms with van der Waals surface area (Å²) in [5.74, 6) is -0.182. The van der Waals surface area contributed by atoms with E-state index in [0.717, 1.165) is 47.4 Å². The zero-order valence-electron chi connectivity index (χ0n) is 15.6. The maximum atomic E-state index is 12.9. The van der Waals surface area contributed by atoms with E-state index in [4.69, 9.17) is 9.73 Å². The molecular formula is C21H26N2O3. The van der Waals surface area contributed by atoms with Crippen molar-refractivity contribution in [3.05, 3.63) is 41.3 Å². The number of likely N-dealkylation sites (N-methyl/N-ethyl adjacent to an activating group) is 1. The van der Waals surface area contributed by atoms with Crippen molar-refractivity contribution in [1.82, 2.24) is 0 Å². The van der Waals surface area contributed by atoms with Crippen LogP contribution >= 0.6 is 0 Å². The molecule has 1 N–H and O–H groups in total. The summed E-state index contributed by atoms with van der Waals surface area (Å²) in [6, 6.07) is 8.77. The van der Waals surface area contributed by atoms with Crippen LogP contribution in [0.2, 0.25) is 0 Å². The molecule has 0 aromatic heterocycles. The van der Waals surface area contributed by atoms with Gasteiger partial charge in [-0.05, 0) is 25.7 Å². The van der Waals surface area contributed by atoms with Crippen molar-refractivity contribution >= 4 is 11.4 Å². The van der Waals surface area contributed by atoms with E-state index in [2.05, 4.69) is 25.2 Å². The molecule has 1 aromatic rings. The average molecular weight is 354 g/mol. The Balaban J connectivity index is 1.79. The number of nitrogens with zero attached hydrogens (tertiary/aromatic N) is 2. The lowest BCUT2D eigenvalue weighted by atomic mass is 9.57. The van der Waals surface area contributed by atoms with E-state index < -0.39 is 6.10 Å². The number of benzene rings is 1. The highest BCUT2D eigenvalue weighted by Gasteiger charge is 2.69. The second kappa shape index (κ2) is 5.11. The minimum absolute atomic E-state index is 0.0259. The highest BCUT2D eigenvalue weighted by molar-refractivity contribution is 6.14. The van der Waals surface area contributed by atoms with E-state index in [9.17, 15) is 10.2 Å². The van der Waals surface area contributed by atoms with E-state index >= 15 is 0 Å². The van der Waals surface area contributed by atoms with Gasteiger partial charge in [0.1, 0.15) is 6.04 Å². The van der Waals surface area contributed by atoms with Crippen molar-refractivity contribution in [3.63, 3.8) is 0 Å². The number of aliphatic hydroxyl groups excluding tert-OH is 1. The molecule has 0 amide bonds. The van der Waals surface area contributed by atoms with Crippen LogP contribution in [0.3, 0.4) is 0 Å². The maximum Gasteiger partial charge on any atom is 0.105 e. The number of ether oxygens (including phenoxy) is 1. The zero-order valence-corrected chi connectivity index (χ0v) is 15.6. The van der Waals surface area contributed by atoms with Crippen molar-refractivity contribution < 1.29 is 19.4 Å². The standard InChI is InChI=1S/C21H26N2O3/c1-12(24)14-11-23(2)9-8-21-15-6-4-5-7-16(15)22-19(21)18(20(25)26-3)13(14)10-17(21)23/h4-7,12-14,17,24H,8-11H2,1-3H3/t12-,13-,14-,17-,21?,23?/m0/s1. The van der Waals surface area contributed by atoms with Crippen molar-refractivity contribution in [2.45, 2.75) is 37.3 Å². The third-order valence-corrected chi connectivity index (χ3v) is 7.65. The van der Waals surface area contributed by atoms with Crippen LogP contribution in [0.25, 0.3) is 0 Å². The van der Waals surface area contributed by atoms with Gasteiger partial charge in [0.2, 0.25) is 0 Å². The van der Waals surface area contributed by atoms with E-state index in [0.29, 0.717) is 6.04 Å². The van der Waals surface area contributed by atoms with Crippen LogP contribution in [-0.2, 0) is 10.2 Å². The fourth-order valence-corrected chi connectivity index (χ4v) is 6.53. The second-order valence-electron chi connectivity index (χ2n) is 8.75. The summed E-state index contributed by atoms with van der Waals surface area (Å²) in [7, 11) is 3.78. The predicted molar refractivity (Wildman–Crippen MR) is 96.9 cm³/mol. The van der Waals surface area contributed by atoms with Gasteiger partial charge in [0.15, 0.2) is 0 Å². The summed E-state index contributed by atoms with van der Waals surface area (Å²) in [5.41, 5.74) is 3.75. The third kappa shape index (κ3) is 1.75. The number of fused-ring (bicyclic) bond motifs is 2. The second-order valence-corrected chi connectivity index (χ2v) is 8.75. The summed E-state index contributed by atoms with van der Waals surface area (Å²) >= 11 is 0. The predicted octanol–water partition coefficient (Wildman–Crippen LogP) is 1.48. The third-order valence-electron chi connectivity index (χ3n) is 7.65. The Morgan fingerprint density at radius 3 is 2.92 bits per heavy atom. The van der Waals surface area contributed by atoms with Gasteiger partial charge < -0.3 is 19.4 Å². The first kappa shape index (κ1) is 16.3. The highest BCUT2D eigenvalue weighted by Crippen LogP contribution is 2.62. The Morgan fingerprint density at radius 2 is 2.19 bits per heavy atom. The van der Waals surface area contributed by atoms with Crippen LogP contribution in [0, 0.1) is 11.8 Å². The summed E-state index contributed by atoms with van der Waals surface area (Å²) in [5, 5.41) is 23.4. The number of aliphatic hydroxyl groups is 1. The van der Waals surface area contributed by atoms with Crippen molar-refractivity contribution in [3.8, 4) is 0 Å². The Kier molecular flexibility index (Phi) is 3.21. The molecule has 3 heterocycles. The van der Waals surface area contributed by atoms with Gasteiger partial charge in [0.25, 0.3) is 0 Å². The normalized spacial score (nSPS) is 42.6. The quantitative estimate of drug-likeness (QED) is 0.646. The molecule has 3 aliphatic heterocycles. The molecule has 2 bridgehead atoms. The first-order valence-corrected chi connectivity index (χ1v) is 9.59. The Labute approximate surface area is 154 Å². The average Bonchev–Trinajstić information content (AvgIpc) is 3.14. The van der Waals surface area contributed by atoms with Gasteiger partial charge in [0, 0.05) is 30.3 Å². The molecule has 1 saturated carbocycles. The number of methoxy groups -OCH3 is 1. The van der Waals surface area contributed by atoms with Gasteiger partial charge in [-0.3, -0.25) is 4.99 Å². The molecule has 2 unspecified atom stereocenters. The Morgan fingerprint density at radius 1 is 1.42 bits per heavy atom. The highest BCUT2D eigenvalue weighted by atomic mass is 16.6. The number of aliphatic imine (C=N–C) groups is 1. The molecule has 5 nitrogen and oxygen atoms in total. The van der Waals surface area contributed by atoms with Crippen molar-refractivity contribution in [2.24, 2.45) is 16.8 Å². The van der Waals surface area contributed by atoms with Crippen molar-refractivity contribution in [1.29, 1.82) is 0 Å². The van der Waals surface area contributed by atoms with Gasteiger partial charge in [-0.15, -0.1) is 0 Å².